The number of nitrogens with one attached hydrogen (secondary N) is 2. The average Bonchev–Trinajstić information content (AvgIpc) is 3.41. The summed E-state index contributed by atoms with van der Waals surface area (Å²) in [6.07, 6.45) is 6.72. The first-order chi connectivity index (χ1) is 14.2. The fourth-order valence-electron chi connectivity index (χ4n) is 3.72. The van der Waals surface area contributed by atoms with Gasteiger partial charge in [0.25, 0.3) is 0 Å². The third-order valence-corrected chi connectivity index (χ3v) is 6.10. The van der Waals surface area contributed by atoms with Crippen LogP contribution in [0, 0.1) is 11.7 Å². The Morgan fingerprint density at radius 2 is 1.86 bits per heavy atom. The zero-order valence-corrected chi connectivity index (χ0v) is 17.0. The molecule has 0 aliphatic heterocycles. The molecule has 3 aromatic rings. The molecule has 0 bridgehead atoms. The lowest BCUT2D eigenvalue weighted by atomic mass is 10.0. The van der Waals surface area contributed by atoms with Gasteiger partial charge in [0, 0.05) is 23.1 Å². The van der Waals surface area contributed by atoms with Crippen LogP contribution in [-0.2, 0) is 4.79 Å². The third kappa shape index (κ3) is 5.21. The van der Waals surface area contributed by atoms with E-state index < -0.39 is 0 Å². The van der Waals surface area contributed by atoms with Crippen molar-refractivity contribution in [3.05, 3.63) is 59.7 Å². The first kappa shape index (κ1) is 19.6. The van der Waals surface area contributed by atoms with Crippen LogP contribution in [0.1, 0.15) is 38.5 Å². The van der Waals surface area contributed by atoms with Crippen molar-refractivity contribution < 1.29 is 9.18 Å². The molecule has 1 amide bonds. The number of hydrogen-bond acceptors (Lipinski definition) is 4. The Hall–Kier alpha value is -2.73. The highest BCUT2D eigenvalue weighted by Gasteiger charge is 2.16. The summed E-state index contributed by atoms with van der Waals surface area (Å²) < 4.78 is 13.8. The molecule has 2 aromatic carbocycles. The van der Waals surface area contributed by atoms with Crippen molar-refractivity contribution in [2.45, 2.75) is 38.5 Å². The van der Waals surface area contributed by atoms with Gasteiger partial charge in [-0.15, -0.1) is 11.3 Å². The normalized spacial score (nSPS) is 14.1. The fraction of sp³-hybridized carbons (Fsp3) is 0.304. The quantitative estimate of drug-likeness (QED) is 0.462. The molecule has 4 nitrogen and oxygen atoms in total. The van der Waals surface area contributed by atoms with E-state index in [1.807, 2.05) is 29.6 Å². The highest BCUT2D eigenvalue weighted by molar-refractivity contribution is 7.14. The summed E-state index contributed by atoms with van der Waals surface area (Å²) in [6.45, 7) is 0. The number of hydrogen-bond donors (Lipinski definition) is 2. The van der Waals surface area contributed by atoms with E-state index in [0.717, 1.165) is 29.3 Å². The Morgan fingerprint density at radius 3 is 2.62 bits per heavy atom. The van der Waals surface area contributed by atoms with Crippen LogP contribution < -0.4 is 10.6 Å². The van der Waals surface area contributed by atoms with Crippen molar-refractivity contribution in [3.8, 4) is 11.3 Å². The minimum atomic E-state index is -0.308. The van der Waals surface area contributed by atoms with E-state index in [9.17, 15) is 9.18 Å². The molecule has 4 rings (SSSR count). The Bertz CT molecular complexity index is 964. The number of benzene rings is 2. The van der Waals surface area contributed by atoms with Gasteiger partial charge < -0.3 is 10.6 Å². The number of nitrogens with zero attached hydrogens (tertiary/aromatic N) is 1. The van der Waals surface area contributed by atoms with E-state index in [0.29, 0.717) is 17.2 Å². The lowest BCUT2D eigenvalue weighted by molar-refractivity contribution is -0.116. The fourth-order valence-corrected chi connectivity index (χ4v) is 4.46. The van der Waals surface area contributed by atoms with E-state index in [1.165, 1.54) is 43.1 Å². The van der Waals surface area contributed by atoms with Gasteiger partial charge in [-0.1, -0.05) is 49.9 Å². The number of para-hydroxylation sites is 1. The molecule has 150 valence electrons. The summed E-state index contributed by atoms with van der Waals surface area (Å²) in [6, 6.07) is 14.2. The molecule has 29 heavy (non-hydrogen) atoms. The molecule has 1 aliphatic rings. The number of aromatic nitrogens is 1. The van der Waals surface area contributed by atoms with E-state index >= 15 is 0 Å². The zero-order valence-electron chi connectivity index (χ0n) is 16.2. The minimum absolute atomic E-state index is 0.0784. The molecule has 2 N–H and O–H groups in total. The van der Waals surface area contributed by atoms with Gasteiger partial charge in [-0.2, -0.15) is 0 Å². The van der Waals surface area contributed by atoms with Crippen LogP contribution in [0.3, 0.4) is 0 Å². The average molecular weight is 410 g/mol. The molecule has 0 atom stereocenters. The second kappa shape index (κ2) is 9.18. The Balaban J connectivity index is 1.33. The van der Waals surface area contributed by atoms with Gasteiger partial charge in [-0.3, -0.25) is 4.79 Å². The van der Waals surface area contributed by atoms with Crippen molar-refractivity contribution >= 4 is 33.8 Å². The molecule has 6 heteroatoms. The number of amides is 1. The van der Waals surface area contributed by atoms with E-state index in [-0.39, 0.29) is 11.7 Å². The van der Waals surface area contributed by atoms with Crippen LogP contribution in [0.25, 0.3) is 11.3 Å². The number of anilines is 3. The van der Waals surface area contributed by atoms with Gasteiger partial charge in [-0.05, 0) is 36.6 Å². The standard InChI is InChI=1S/C23H24FN3OS/c24-19-7-3-4-8-20(19)26-23-27-21(15-29-23)17-10-12-18(13-11-17)25-22(28)14-9-16-5-1-2-6-16/h3-4,7-8,10-13,15-16H,1-2,5-6,9,14H2,(H,25,28)(H,26,27). The SMILES string of the molecule is O=C(CCC1CCCC1)Nc1ccc(-c2csc(Nc3ccccc3F)n2)cc1. The Morgan fingerprint density at radius 1 is 1.10 bits per heavy atom. The van der Waals surface area contributed by atoms with Crippen molar-refractivity contribution in [1.29, 1.82) is 0 Å². The predicted molar refractivity (Wildman–Crippen MR) is 117 cm³/mol. The van der Waals surface area contributed by atoms with Gasteiger partial charge >= 0.3 is 0 Å². The van der Waals surface area contributed by atoms with Gasteiger partial charge in [-0.25, -0.2) is 9.37 Å². The summed E-state index contributed by atoms with van der Waals surface area (Å²) in [5.74, 6) is 0.493. The molecule has 0 spiro atoms. The maximum Gasteiger partial charge on any atom is 0.224 e. The maximum atomic E-state index is 13.8. The smallest absolute Gasteiger partial charge is 0.224 e. The van der Waals surface area contributed by atoms with Crippen molar-refractivity contribution in [2.24, 2.45) is 5.92 Å². The molecular formula is C23H24FN3OS. The van der Waals surface area contributed by atoms with Crippen LogP contribution >= 0.6 is 11.3 Å². The largest absolute Gasteiger partial charge is 0.329 e. The third-order valence-electron chi connectivity index (χ3n) is 5.34. The summed E-state index contributed by atoms with van der Waals surface area (Å²) in [4.78, 5) is 16.7. The minimum Gasteiger partial charge on any atom is -0.329 e. The molecule has 1 fully saturated rings. The van der Waals surface area contributed by atoms with E-state index in [1.54, 1.807) is 18.2 Å². The van der Waals surface area contributed by atoms with E-state index in [2.05, 4.69) is 15.6 Å². The number of rotatable bonds is 7. The van der Waals surface area contributed by atoms with Crippen LogP contribution in [0.4, 0.5) is 20.9 Å². The van der Waals surface area contributed by atoms with Crippen LogP contribution in [0.5, 0.6) is 0 Å². The van der Waals surface area contributed by atoms with Crippen molar-refractivity contribution in [3.63, 3.8) is 0 Å². The van der Waals surface area contributed by atoms with Gasteiger partial charge in [0.15, 0.2) is 5.13 Å². The Labute approximate surface area is 174 Å². The van der Waals surface area contributed by atoms with Crippen LogP contribution in [0.2, 0.25) is 0 Å². The highest BCUT2D eigenvalue weighted by atomic mass is 32.1. The number of thiazole rings is 1. The molecule has 1 aromatic heterocycles. The monoisotopic (exact) mass is 409 g/mol. The predicted octanol–water partition coefficient (Wildman–Crippen LogP) is 6.60. The summed E-state index contributed by atoms with van der Waals surface area (Å²) in [5, 5.41) is 8.55. The topological polar surface area (TPSA) is 54.0 Å². The summed E-state index contributed by atoms with van der Waals surface area (Å²) >= 11 is 1.42. The lowest BCUT2D eigenvalue weighted by Crippen LogP contribution is -2.12. The van der Waals surface area contributed by atoms with E-state index in [4.69, 9.17) is 0 Å². The maximum absolute atomic E-state index is 13.8. The van der Waals surface area contributed by atoms with Crippen LogP contribution in [-0.4, -0.2) is 10.9 Å². The lowest BCUT2D eigenvalue weighted by Gasteiger charge is -2.09. The summed E-state index contributed by atoms with van der Waals surface area (Å²) in [5.41, 5.74) is 2.97. The molecular weight excluding hydrogens is 385 g/mol. The first-order valence-corrected chi connectivity index (χ1v) is 10.9. The Kier molecular flexibility index (Phi) is 6.20. The van der Waals surface area contributed by atoms with Crippen LogP contribution in [0.15, 0.2) is 53.9 Å². The molecule has 0 saturated heterocycles. The number of carbonyl (C=O) groups is 1. The molecule has 0 radical (unpaired) electrons. The zero-order chi connectivity index (χ0) is 20.1. The van der Waals surface area contributed by atoms with Crippen molar-refractivity contribution in [2.75, 3.05) is 10.6 Å². The molecule has 1 saturated carbocycles. The highest BCUT2D eigenvalue weighted by Crippen LogP contribution is 2.30. The number of halogens is 1. The number of carbonyl (C=O) groups excluding carboxylic acids is 1. The first-order valence-electron chi connectivity index (χ1n) is 10.0. The molecule has 0 unspecified atom stereocenters. The molecule has 1 heterocycles. The van der Waals surface area contributed by atoms with Gasteiger partial charge in [0.05, 0.1) is 11.4 Å². The second-order valence-corrected chi connectivity index (χ2v) is 8.32. The second-order valence-electron chi connectivity index (χ2n) is 7.46. The molecule has 1 aliphatic carbocycles. The van der Waals surface area contributed by atoms with Gasteiger partial charge in [0.1, 0.15) is 5.82 Å². The van der Waals surface area contributed by atoms with Gasteiger partial charge in [0.2, 0.25) is 5.91 Å². The summed E-state index contributed by atoms with van der Waals surface area (Å²) in [7, 11) is 0. The van der Waals surface area contributed by atoms with Crippen molar-refractivity contribution in [1.82, 2.24) is 4.98 Å².